The van der Waals surface area contributed by atoms with Crippen molar-refractivity contribution in [2.24, 2.45) is 5.92 Å². The van der Waals surface area contributed by atoms with Gasteiger partial charge in [0.15, 0.2) is 11.5 Å². The average molecular weight is 347 g/mol. The summed E-state index contributed by atoms with van der Waals surface area (Å²) in [5.74, 6) is -0.127. The van der Waals surface area contributed by atoms with Crippen molar-refractivity contribution in [1.29, 1.82) is 0 Å². The first-order valence-electron chi connectivity index (χ1n) is 8.95. The van der Waals surface area contributed by atoms with Gasteiger partial charge in [-0.2, -0.15) is 0 Å². The number of hydrogen-bond donors (Lipinski definition) is 2. The van der Waals surface area contributed by atoms with E-state index in [2.05, 4.69) is 5.32 Å². The number of amides is 1. The fourth-order valence-corrected chi connectivity index (χ4v) is 3.70. The normalized spacial score (nSPS) is 23.4. The predicted octanol–water partition coefficient (Wildman–Crippen LogP) is 3.00. The minimum atomic E-state index is -0.784. The average Bonchev–Trinajstić information content (AvgIpc) is 3.26. The molecule has 1 aromatic rings. The summed E-state index contributed by atoms with van der Waals surface area (Å²) >= 11 is 0. The minimum absolute atomic E-state index is 0.0881. The summed E-state index contributed by atoms with van der Waals surface area (Å²) in [6.45, 7) is 0. The number of rotatable bonds is 6. The number of carboxylic acid groups (broad SMARTS) is 1. The number of carbonyl (C=O) groups excluding carboxylic acids is 1. The van der Waals surface area contributed by atoms with Crippen LogP contribution >= 0.6 is 0 Å². The summed E-state index contributed by atoms with van der Waals surface area (Å²) in [5.41, 5.74) is 0.507. The number of methoxy groups -OCH3 is 1. The zero-order valence-corrected chi connectivity index (χ0v) is 14.5. The number of nitrogens with one attached hydrogen (secondary N) is 1. The quantitative estimate of drug-likeness (QED) is 0.826. The number of aliphatic carboxylic acids is 1. The van der Waals surface area contributed by atoms with Crippen molar-refractivity contribution in [3.8, 4) is 11.5 Å². The van der Waals surface area contributed by atoms with Gasteiger partial charge < -0.3 is 19.9 Å². The number of carboxylic acids is 1. The lowest BCUT2D eigenvalue weighted by molar-refractivity contribution is -0.141. The fourth-order valence-electron chi connectivity index (χ4n) is 3.70. The van der Waals surface area contributed by atoms with Gasteiger partial charge >= 0.3 is 5.97 Å². The lowest BCUT2D eigenvalue weighted by atomic mass is 10.1. The molecular weight excluding hydrogens is 322 g/mol. The zero-order chi connectivity index (χ0) is 17.8. The molecule has 0 spiro atoms. The molecule has 0 saturated heterocycles. The van der Waals surface area contributed by atoms with Crippen molar-refractivity contribution in [3.05, 3.63) is 23.8 Å². The Kier molecular flexibility index (Phi) is 5.46. The van der Waals surface area contributed by atoms with Crippen molar-refractivity contribution in [2.45, 2.75) is 57.1 Å². The van der Waals surface area contributed by atoms with E-state index in [1.165, 1.54) is 12.8 Å². The van der Waals surface area contributed by atoms with Crippen molar-refractivity contribution in [1.82, 2.24) is 5.32 Å². The summed E-state index contributed by atoms with van der Waals surface area (Å²) in [7, 11) is 1.58. The van der Waals surface area contributed by atoms with E-state index in [9.17, 15) is 9.59 Å². The molecule has 0 unspecified atom stereocenters. The second kappa shape index (κ2) is 7.76. The molecule has 6 nitrogen and oxygen atoms in total. The lowest BCUT2D eigenvalue weighted by Crippen LogP contribution is -2.33. The van der Waals surface area contributed by atoms with Gasteiger partial charge in [0.05, 0.1) is 19.1 Å². The number of benzene rings is 1. The summed E-state index contributed by atoms with van der Waals surface area (Å²) in [6.07, 6.45) is 6.36. The van der Waals surface area contributed by atoms with Gasteiger partial charge in [-0.15, -0.1) is 0 Å². The van der Waals surface area contributed by atoms with Gasteiger partial charge in [0.2, 0.25) is 0 Å². The van der Waals surface area contributed by atoms with E-state index >= 15 is 0 Å². The van der Waals surface area contributed by atoms with Crippen LogP contribution in [0.5, 0.6) is 11.5 Å². The Morgan fingerprint density at radius 2 is 1.88 bits per heavy atom. The molecular formula is C19H25NO5. The van der Waals surface area contributed by atoms with Crippen LogP contribution in [-0.2, 0) is 4.79 Å². The van der Waals surface area contributed by atoms with Gasteiger partial charge in [0.1, 0.15) is 0 Å². The molecule has 0 aromatic heterocycles. The Hall–Kier alpha value is -2.24. The predicted molar refractivity (Wildman–Crippen MR) is 92.1 cm³/mol. The third-order valence-corrected chi connectivity index (χ3v) is 5.14. The Balaban J connectivity index is 1.66. The molecule has 1 amide bonds. The highest BCUT2D eigenvalue weighted by molar-refractivity contribution is 5.95. The molecule has 136 valence electrons. The van der Waals surface area contributed by atoms with E-state index in [1.807, 2.05) is 0 Å². The molecule has 0 aliphatic heterocycles. The molecule has 2 aliphatic carbocycles. The van der Waals surface area contributed by atoms with Crippen LogP contribution in [0.4, 0.5) is 0 Å². The monoisotopic (exact) mass is 347 g/mol. The van der Waals surface area contributed by atoms with Gasteiger partial charge in [0, 0.05) is 11.6 Å². The van der Waals surface area contributed by atoms with Crippen LogP contribution in [0, 0.1) is 5.92 Å². The van der Waals surface area contributed by atoms with Crippen molar-refractivity contribution in [3.63, 3.8) is 0 Å². The van der Waals surface area contributed by atoms with Crippen LogP contribution in [0.2, 0.25) is 0 Å². The molecule has 2 aliphatic rings. The lowest BCUT2D eigenvalue weighted by Gasteiger charge is -2.17. The van der Waals surface area contributed by atoms with Gasteiger partial charge in [0.25, 0.3) is 5.91 Å². The smallest absolute Gasteiger partial charge is 0.306 e. The number of hydrogen-bond acceptors (Lipinski definition) is 4. The van der Waals surface area contributed by atoms with E-state index in [0.717, 1.165) is 12.8 Å². The Morgan fingerprint density at radius 1 is 1.12 bits per heavy atom. The first-order chi connectivity index (χ1) is 12.1. The van der Waals surface area contributed by atoms with Gasteiger partial charge in [-0.05, 0) is 63.1 Å². The zero-order valence-electron chi connectivity index (χ0n) is 14.5. The molecule has 25 heavy (non-hydrogen) atoms. The third-order valence-electron chi connectivity index (χ3n) is 5.14. The van der Waals surface area contributed by atoms with Crippen molar-refractivity contribution < 1.29 is 24.2 Å². The largest absolute Gasteiger partial charge is 0.493 e. The summed E-state index contributed by atoms with van der Waals surface area (Å²) < 4.78 is 11.4. The summed E-state index contributed by atoms with van der Waals surface area (Å²) in [5, 5.41) is 12.0. The Morgan fingerprint density at radius 3 is 2.52 bits per heavy atom. The molecule has 3 rings (SSSR count). The molecule has 2 saturated carbocycles. The van der Waals surface area contributed by atoms with Gasteiger partial charge in [-0.1, -0.05) is 0 Å². The highest BCUT2D eigenvalue weighted by Gasteiger charge is 2.30. The van der Waals surface area contributed by atoms with Gasteiger partial charge in [-0.25, -0.2) is 0 Å². The van der Waals surface area contributed by atoms with Crippen LogP contribution in [0.1, 0.15) is 55.3 Å². The molecule has 2 N–H and O–H groups in total. The molecule has 1 aromatic carbocycles. The van der Waals surface area contributed by atoms with Crippen molar-refractivity contribution in [2.75, 3.05) is 7.11 Å². The second-order valence-corrected chi connectivity index (χ2v) is 6.91. The molecule has 2 fully saturated rings. The van der Waals surface area contributed by atoms with E-state index in [4.69, 9.17) is 14.6 Å². The Bertz CT molecular complexity index is 639. The van der Waals surface area contributed by atoms with Crippen LogP contribution in [0.25, 0.3) is 0 Å². The van der Waals surface area contributed by atoms with Crippen LogP contribution in [0.3, 0.4) is 0 Å². The standard InChI is InChI=1S/C19H25NO5/c1-24-16-9-7-12(11-17(16)25-15-4-2-3-5-15)18(21)20-14-8-6-13(10-14)19(22)23/h7,9,11,13-15H,2-6,8,10H2,1H3,(H,20,21)(H,22,23)/t13-,14+/m1/s1. The fraction of sp³-hybridized carbons (Fsp3) is 0.579. The van der Waals surface area contributed by atoms with Gasteiger partial charge in [-0.3, -0.25) is 9.59 Å². The van der Waals surface area contributed by atoms with Crippen LogP contribution < -0.4 is 14.8 Å². The second-order valence-electron chi connectivity index (χ2n) is 6.91. The maximum Gasteiger partial charge on any atom is 0.306 e. The number of ether oxygens (including phenoxy) is 2. The SMILES string of the molecule is COc1ccc(C(=O)N[C@H]2CC[C@@H](C(=O)O)C2)cc1OC1CCCC1. The maximum absolute atomic E-state index is 12.5. The molecule has 0 radical (unpaired) electrons. The summed E-state index contributed by atoms with van der Waals surface area (Å²) in [4.78, 5) is 23.6. The summed E-state index contributed by atoms with van der Waals surface area (Å²) in [6, 6.07) is 5.08. The Labute approximate surface area is 147 Å². The van der Waals surface area contributed by atoms with E-state index in [1.54, 1.807) is 25.3 Å². The first kappa shape index (κ1) is 17.6. The topological polar surface area (TPSA) is 84.9 Å². The van der Waals surface area contributed by atoms with Crippen LogP contribution in [-0.4, -0.2) is 36.2 Å². The maximum atomic E-state index is 12.5. The molecule has 2 atom stereocenters. The number of carbonyl (C=O) groups is 2. The van der Waals surface area contributed by atoms with E-state index < -0.39 is 5.97 Å². The van der Waals surface area contributed by atoms with E-state index in [-0.39, 0.29) is 24.0 Å². The highest BCUT2D eigenvalue weighted by Crippen LogP contribution is 2.33. The highest BCUT2D eigenvalue weighted by atomic mass is 16.5. The molecule has 6 heteroatoms. The first-order valence-corrected chi connectivity index (χ1v) is 8.95. The van der Waals surface area contributed by atoms with Crippen molar-refractivity contribution >= 4 is 11.9 Å². The molecule has 0 heterocycles. The molecule has 0 bridgehead atoms. The van der Waals surface area contributed by atoms with Crippen LogP contribution in [0.15, 0.2) is 18.2 Å². The minimum Gasteiger partial charge on any atom is -0.493 e. The van der Waals surface area contributed by atoms with E-state index in [0.29, 0.717) is 36.3 Å². The third kappa shape index (κ3) is 4.24.